The molecule has 0 aliphatic carbocycles. The molecule has 19 heavy (non-hydrogen) atoms. The van der Waals surface area contributed by atoms with Gasteiger partial charge in [-0.1, -0.05) is 18.2 Å². The Morgan fingerprint density at radius 1 is 1.05 bits per heavy atom. The van der Waals surface area contributed by atoms with Crippen LogP contribution in [0, 0.1) is 6.92 Å². The van der Waals surface area contributed by atoms with Gasteiger partial charge >= 0.3 is 0 Å². The average Bonchev–Trinajstić information content (AvgIpc) is 2.42. The SMILES string of the molecule is COc1cccc(Oc2ccc(CCN)cc2C)c1. The lowest BCUT2D eigenvalue weighted by atomic mass is 10.1. The molecule has 0 saturated carbocycles. The van der Waals surface area contributed by atoms with Gasteiger partial charge in [0.2, 0.25) is 0 Å². The van der Waals surface area contributed by atoms with E-state index >= 15 is 0 Å². The summed E-state index contributed by atoms with van der Waals surface area (Å²) in [5, 5.41) is 0. The molecule has 2 aromatic carbocycles. The molecule has 2 N–H and O–H groups in total. The van der Waals surface area contributed by atoms with Gasteiger partial charge in [-0.25, -0.2) is 0 Å². The molecular weight excluding hydrogens is 238 g/mol. The molecule has 0 heterocycles. The molecule has 0 spiro atoms. The van der Waals surface area contributed by atoms with Crippen LogP contribution in [0.3, 0.4) is 0 Å². The van der Waals surface area contributed by atoms with Crippen LogP contribution in [0.4, 0.5) is 0 Å². The topological polar surface area (TPSA) is 44.5 Å². The average molecular weight is 257 g/mol. The van der Waals surface area contributed by atoms with Crippen molar-refractivity contribution in [3.8, 4) is 17.2 Å². The predicted molar refractivity (Wildman–Crippen MR) is 77.0 cm³/mol. The summed E-state index contributed by atoms with van der Waals surface area (Å²) < 4.78 is 11.1. The van der Waals surface area contributed by atoms with Gasteiger partial charge in [0.05, 0.1) is 7.11 Å². The third kappa shape index (κ3) is 3.48. The minimum Gasteiger partial charge on any atom is -0.497 e. The maximum Gasteiger partial charge on any atom is 0.131 e. The lowest BCUT2D eigenvalue weighted by Gasteiger charge is -2.11. The van der Waals surface area contributed by atoms with Gasteiger partial charge in [-0.15, -0.1) is 0 Å². The molecule has 2 rings (SSSR count). The van der Waals surface area contributed by atoms with Gasteiger partial charge < -0.3 is 15.2 Å². The first-order valence-corrected chi connectivity index (χ1v) is 6.34. The van der Waals surface area contributed by atoms with Crippen molar-refractivity contribution in [3.05, 3.63) is 53.6 Å². The number of rotatable bonds is 5. The molecule has 0 atom stereocenters. The van der Waals surface area contributed by atoms with Gasteiger partial charge in [0.1, 0.15) is 17.2 Å². The van der Waals surface area contributed by atoms with Crippen LogP contribution in [0.2, 0.25) is 0 Å². The Labute approximate surface area is 114 Å². The molecule has 0 amide bonds. The second-order valence-electron chi connectivity index (χ2n) is 4.42. The summed E-state index contributed by atoms with van der Waals surface area (Å²) in [6.45, 7) is 2.70. The zero-order valence-electron chi connectivity index (χ0n) is 11.3. The number of hydrogen-bond acceptors (Lipinski definition) is 3. The number of methoxy groups -OCH3 is 1. The predicted octanol–water partition coefficient (Wildman–Crippen LogP) is 3.30. The van der Waals surface area contributed by atoms with Crippen LogP contribution < -0.4 is 15.2 Å². The van der Waals surface area contributed by atoms with Crippen LogP contribution in [0.15, 0.2) is 42.5 Å². The Bertz CT molecular complexity index is 552. The van der Waals surface area contributed by atoms with Gasteiger partial charge in [-0.2, -0.15) is 0 Å². The first-order chi connectivity index (χ1) is 9.22. The summed E-state index contributed by atoms with van der Waals surface area (Å²) >= 11 is 0. The van der Waals surface area contributed by atoms with E-state index in [1.807, 2.05) is 37.3 Å². The third-order valence-electron chi connectivity index (χ3n) is 2.94. The summed E-state index contributed by atoms with van der Waals surface area (Å²) in [4.78, 5) is 0. The lowest BCUT2D eigenvalue weighted by molar-refractivity contribution is 0.409. The summed E-state index contributed by atoms with van der Waals surface area (Å²) in [5.74, 6) is 2.41. The van der Waals surface area contributed by atoms with Crippen molar-refractivity contribution in [3.63, 3.8) is 0 Å². The van der Waals surface area contributed by atoms with Crippen LogP contribution in [-0.2, 0) is 6.42 Å². The van der Waals surface area contributed by atoms with Crippen molar-refractivity contribution in [1.29, 1.82) is 0 Å². The van der Waals surface area contributed by atoms with Crippen LogP contribution in [-0.4, -0.2) is 13.7 Å². The van der Waals surface area contributed by atoms with E-state index in [0.717, 1.165) is 29.2 Å². The lowest BCUT2D eigenvalue weighted by Crippen LogP contribution is -2.02. The smallest absolute Gasteiger partial charge is 0.131 e. The zero-order chi connectivity index (χ0) is 13.7. The molecule has 3 nitrogen and oxygen atoms in total. The monoisotopic (exact) mass is 257 g/mol. The van der Waals surface area contributed by atoms with E-state index < -0.39 is 0 Å². The van der Waals surface area contributed by atoms with Crippen LogP contribution in [0.25, 0.3) is 0 Å². The summed E-state index contributed by atoms with van der Waals surface area (Å²) in [6, 6.07) is 13.7. The summed E-state index contributed by atoms with van der Waals surface area (Å²) in [5.41, 5.74) is 7.90. The van der Waals surface area contributed by atoms with E-state index in [1.54, 1.807) is 7.11 Å². The van der Waals surface area contributed by atoms with Crippen molar-refractivity contribution in [2.45, 2.75) is 13.3 Å². The minimum absolute atomic E-state index is 0.662. The number of hydrogen-bond donors (Lipinski definition) is 1. The molecule has 0 fully saturated rings. The summed E-state index contributed by atoms with van der Waals surface area (Å²) in [7, 11) is 1.64. The highest BCUT2D eigenvalue weighted by Gasteiger charge is 2.03. The van der Waals surface area contributed by atoms with E-state index in [0.29, 0.717) is 6.54 Å². The Morgan fingerprint density at radius 3 is 2.53 bits per heavy atom. The molecule has 0 aromatic heterocycles. The quantitative estimate of drug-likeness (QED) is 0.893. The van der Waals surface area contributed by atoms with Crippen molar-refractivity contribution >= 4 is 0 Å². The maximum absolute atomic E-state index is 5.87. The van der Waals surface area contributed by atoms with Gasteiger partial charge in [-0.3, -0.25) is 0 Å². The number of benzene rings is 2. The first kappa shape index (κ1) is 13.4. The van der Waals surface area contributed by atoms with E-state index in [4.69, 9.17) is 15.2 Å². The molecule has 0 bridgehead atoms. The van der Waals surface area contributed by atoms with E-state index in [2.05, 4.69) is 12.1 Å². The van der Waals surface area contributed by atoms with Crippen molar-refractivity contribution < 1.29 is 9.47 Å². The highest BCUT2D eigenvalue weighted by Crippen LogP contribution is 2.28. The fourth-order valence-corrected chi connectivity index (χ4v) is 1.94. The van der Waals surface area contributed by atoms with E-state index in [-0.39, 0.29) is 0 Å². The van der Waals surface area contributed by atoms with E-state index in [1.165, 1.54) is 5.56 Å². The molecule has 2 aromatic rings. The van der Waals surface area contributed by atoms with Crippen LogP contribution >= 0.6 is 0 Å². The molecular formula is C16H19NO2. The molecule has 0 aliphatic heterocycles. The summed E-state index contributed by atoms with van der Waals surface area (Å²) in [6.07, 6.45) is 0.889. The molecule has 0 unspecified atom stereocenters. The second kappa shape index (κ2) is 6.25. The van der Waals surface area contributed by atoms with Gasteiger partial charge in [0.15, 0.2) is 0 Å². The molecule has 0 aliphatic rings. The first-order valence-electron chi connectivity index (χ1n) is 6.34. The molecule has 3 heteroatoms. The number of aryl methyl sites for hydroxylation is 1. The molecule has 0 radical (unpaired) electrons. The largest absolute Gasteiger partial charge is 0.497 e. The zero-order valence-corrected chi connectivity index (χ0v) is 11.3. The fraction of sp³-hybridized carbons (Fsp3) is 0.250. The Kier molecular flexibility index (Phi) is 4.42. The Balaban J connectivity index is 2.18. The highest BCUT2D eigenvalue weighted by atomic mass is 16.5. The minimum atomic E-state index is 0.662. The number of nitrogens with two attached hydrogens (primary N) is 1. The second-order valence-corrected chi connectivity index (χ2v) is 4.42. The van der Waals surface area contributed by atoms with Crippen molar-refractivity contribution in [1.82, 2.24) is 0 Å². The van der Waals surface area contributed by atoms with Gasteiger partial charge in [0, 0.05) is 6.07 Å². The van der Waals surface area contributed by atoms with Crippen LogP contribution in [0.5, 0.6) is 17.2 Å². The van der Waals surface area contributed by atoms with E-state index in [9.17, 15) is 0 Å². The van der Waals surface area contributed by atoms with Crippen LogP contribution in [0.1, 0.15) is 11.1 Å². The van der Waals surface area contributed by atoms with Gasteiger partial charge in [-0.05, 0) is 49.2 Å². The fourth-order valence-electron chi connectivity index (χ4n) is 1.94. The standard InChI is InChI=1S/C16H19NO2/c1-12-10-13(8-9-17)6-7-16(12)19-15-5-3-4-14(11-15)18-2/h3-7,10-11H,8-9,17H2,1-2H3. The Morgan fingerprint density at radius 2 is 1.84 bits per heavy atom. The third-order valence-corrected chi connectivity index (χ3v) is 2.94. The molecule has 0 saturated heterocycles. The number of ether oxygens (including phenoxy) is 2. The maximum atomic E-state index is 5.87. The van der Waals surface area contributed by atoms with Crippen molar-refractivity contribution in [2.24, 2.45) is 5.73 Å². The van der Waals surface area contributed by atoms with Gasteiger partial charge in [0.25, 0.3) is 0 Å². The van der Waals surface area contributed by atoms with Crippen molar-refractivity contribution in [2.75, 3.05) is 13.7 Å². The highest BCUT2D eigenvalue weighted by molar-refractivity contribution is 5.41. The Hall–Kier alpha value is -2.00. The normalized spacial score (nSPS) is 10.3. The molecule has 100 valence electrons.